The average Bonchev–Trinajstić information content (AvgIpc) is 3.15. The molecule has 0 radical (unpaired) electrons. The van der Waals surface area contributed by atoms with Crippen LogP contribution < -0.4 is 10.8 Å². The Kier molecular flexibility index (Phi) is 7.97. The number of hydrogen-bond acceptors (Lipinski definition) is 5. The summed E-state index contributed by atoms with van der Waals surface area (Å²) in [6.45, 7) is 0.179. The Morgan fingerprint density at radius 2 is 1.81 bits per heavy atom. The first-order valence-electron chi connectivity index (χ1n) is 10.1. The lowest BCUT2D eigenvalue weighted by Gasteiger charge is -2.26. The molecule has 1 unspecified atom stereocenters. The number of halogens is 1. The summed E-state index contributed by atoms with van der Waals surface area (Å²) < 4.78 is 0. The molecular formula is C23H24ClN3O5. The van der Waals surface area contributed by atoms with Gasteiger partial charge in [0.2, 0.25) is 17.6 Å². The van der Waals surface area contributed by atoms with E-state index < -0.39 is 29.7 Å². The number of rotatable bonds is 9. The van der Waals surface area contributed by atoms with E-state index in [0.29, 0.717) is 11.4 Å². The number of amides is 3. The van der Waals surface area contributed by atoms with Crippen LogP contribution >= 0.6 is 11.6 Å². The number of benzene rings is 2. The lowest BCUT2D eigenvalue weighted by atomic mass is 10.0. The van der Waals surface area contributed by atoms with Crippen LogP contribution in [0.4, 0.5) is 0 Å². The summed E-state index contributed by atoms with van der Waals surface area (Å²) >= 11 is 6.22. The molecule has 0 spiro atoms. The van der Waals surface area contributed by atoms with E-state index >= 15 is 0 Å². The van der Waals surface area contributed by atoms with E-state index in [1.54, 1.807) is 48.5 Å². The fourth-order valence-electron chi connectivity index (χ4n) is 3.64. The van der Waals surface area contributed by atoms with Gasteiger partial charge in [-0.2, -0.15) is 0 Å². The van der Waals surface area contributed by atoms with E-state index in [9.17, 15) is 19.2 Å². The van der Waals surface area contributed by atoms with Gasteiger partial charge in [-0.25, -0.2) is 5.48 Å². The van der Waals surface area contributed by atoms with E-state index in [2.05, 4.69) is 10.2 Å². The van der Waals surface area contributed by atoms with Crippen LogP contribution in [0.15, 0.2) is 54.6 Å². The van der Waals surface area contributed by atoms with Crippen LogP contribution in [-0.2, 0) is 37.0 Å². The van der Waals surface area contributed by atoms with E-state index in [-0.39, 0.29) is 25.3 Å². The molecule has 1 fully saturated rings. The molecule has 2 N–H and O–H groups in total. The van der Waals surface area contributed by atoms with Crippen LogP contribution in [0, 0.1) is 0 Å². The number of nitrogens with one attached hydrogen (secondary N) is 2. The average molecular weight is 458 g/mol. The molecule has 9 heteroatoms. The second-order valence-electron chi connectivity index (χ2n) is 7.42. The molecule has 1 saturated heterocycles. The second kappa shape index (κ2) is 10.9. The molecule has 1 aliphatic rings. The van der Waals surface area contributed by atoms with E-state index in [1.807, 2.05) is 11.5 Å². The molecule has 0 bridgehead atoms. The molecule has 3 rings (SSSR count). The predicted octanol–water partition coefficient (Wildman–Crippen LogP) is 1.81. The minimum absolute atomic E-state index is 0.119. The van der Waals surface area contributed by atoms with Crippen molar-refractivity contribution < 1.29 is 24.0 Å². The first-order valence-corrected chi connectivity index (χ1v) is 10.5. The third-order valence-corrected chi connectivity index (χ3v) is 5.63. The fourth-order valence-corrected chi connectivity index (χ4v) is 3.84. The highest BCUT2D eigenvalue weighted by atomic mass is 35.5. The van der Waals surface area contributed by atoms with E-state index in [4.69, 9.17) is 11.6 Å². The van der Waals surface area contributed by atoms with Gasteiger partial charge in [0.15, 0.2) is 0 Å². The molecular weight excluding hydrogens is 434 g/mol. The van der Waals surface area contributed by atoms with Gasteiger partial charge in [0, 0.05) is 24.4 Å². The quantitative estimate of drug-likeness (QED) is 0.441. The zero-order valence-corrected chi connectivity index (χ0v) is 18.3. The van der Waals surface area contributed by atoms with Crippen molar-refractivity contribution in [3.05, 3.63) is 70.7 Å². The molecule has 2 aromatic rings. The Bertz CT molecular complexity index is 998. The summed E-state index contributed by atoms with van der Waals surface area (Å²) in [6.07, 6.45) is 0.642. The van der Waals surface area contributed by atoms with Crippen molar-refractivity contribution in [3.8, 4) is 0 Å². The Morgan fingerprint density at radius 1 is 1.12 bits per heavy atom. The topological polar surface area (TPSA) is 105 Å². The highest BCUT2D eigenvalue weighted by Gasteiger charge is 2.38. The molecule has 2 atom stereocenters. The largest absolute Gasteiger partial charge is 0.344 e. The highest BCUT2D eigenvalue weighted by molar-refractivity contribution is 6.38. The summed E-state index contributed by atoms with van der Waals surface area (Å²) in [6, 6.07) is 14.2. The first-order chi connectivity index (χ1) is 15.4. The molecule has 0 aliphatic carbocycles. The standard InChI is InChI=1S/C23H24ClN3O5/c1-32-26-23(31)21(29)18(13-15-7-3-2-4-8-15)25-22(30)19-11-12-20(28)27(19)14-16-9-5-6-10-17(16)24/h2-10,18-19H,11-14H2,1H3,(H,25,30)(H,26,31)/t18?,19-/m1/s1. The van der Waals surface area contributed by atoms with Crippen LogP contribution in [0.3, 0.4) is 0 Å². The van der Waals surface area contributed by atoms with Crippen molar-refractivity contribution >= 4 is 35.1 Å². The van der Waals surface area contributed by atoms with E-state index in [0.717, 1.165) is 11.1 Å². The van der Waals surface area contributed by atoms with Crippen LogP contribution in [0.1, 0.15) is 24.0 Å². The van der Waals surface area contributed by atoms with Gasteiger partial charge in [0.25, 0.3) is 0 Å². The minimum atomic E-state index is -1.11. The summed E-state index contributed by atoms with van der Waals surface area (Å²) in [5.41, 5.74) is 3.48. The molecule has 1 aliphatic heterocycles. The van der Waals surface area contributed by atoms with Crippen LogP contribution in [0.5, 0.6) is 0 Å². The minimum Gasteiger partial charge on any atom is -0.344 e. The van der Waals surface area contributed by atoms with Gasteiger partial charge >= 0.3 is 5.91 Å². The van der Waals surface area contributed by atoms with Gasteiger partial charge < -0.3 is 10.2 Å². The Balaban J connectivity index is 1.77. The number of hydroxylamine groups is 1. The SMILES string of the molecule is CONC(=O)C(=O)C(Cc1ccccc1)NC(=O)[C@H]1CCC(=O)N1Cc1ccccc1Cl. The maximum absolute atomic E-state index is 13.1. The molecule has 1 heterocycles. The number of ketones is 1. The first kappa shape index (κ1) is 23.4. The highest BCUT2D eigenvalue weighted by Crippen LogP contribution is 2.25. The number of Topliss-reactive ketones (excluding diaryl/α,β-unsaturated/α-hetero) is 1. The van der Waals surface area contributed by atoms with Crippen molar-refractivity contribution in [1.82, 2.24) is 15.7 Å². The number of carbonyl (C=O) groups excluding carboxylic acids is 4. The molecule has 8 nitrogen and oxygen atoms in total. The third kappa shape index (κ3) is 5.72. The normalized spacial score (nSPS) is 16.5. The zero-order chi connectivity index (χ0) is 23.1. The Morgan fingerprint density at radius 3 is 2.50 bits per heavy atom. The monoisotopic (exact) mass is 457 g/mol. The van der Waals surface area contributed by atoms with Crippen molar-refractivity contribution in [2.24, 2.45) is 0 Å². The van der Waals surface area contributed by atoms with Crippen LogP contribution in [0.25, 0.3) is 0 Å². The Labute approximate surface area is 190 Å². The zero-order valence-electron chi connectivity index (χ0n) is 17.5. The third-order valence-electron chi connectivity index (χ3n) is 5.26. The maximum Gasteiger partial charge on any atom is 0.313 e. The second-order valence-corrected chi connectivity index (χ2v) is 7.83. The van der Waals surface area contributed by atoms with Crippen molar-refractivity contribution in [2.75, 3.05) is 7.11 Å². The number of carbonyl (C=O) groups is 4. The van der Waals surface area contributed by atoms with Gasteiger partial charge in [-0.1, -0.05) is 60.1 Å². The van der Waals surface area contributed by atoms with Crippen molar-refractivity contribution in [1.29, 1.82) is 0 Å². The molecule has 0 aromatic heterocycles. The van der Waals surface area contributed by atoms with E-state index in [1.165, 1.54) is 12.0 Å². The maximum atomic E-state index is 13.1. The van der Waals surface area contributed by atoms with Crippen LogP contribution in [0.2, 0.25) is 5.02 Å². The number of hydrogen-bond donors (Lipinski definition) is 2. The fraction of sp³-hybridized carbons (Fsp3) is 0.304. The van der Waals surface area contributed by atoms with Gasteiger partial charge in [0.05, 0.1) is 7.11 Å². The molecule has 0 saturated carbocycles. The molecule has 3 amide bonds. The summed E-state index contributed by atoms with van der Waals surface area (Å²) in [5.74, 6) is -2.48. The van der Waals surface area contributed by atoms with Gasteiger partial charge in [-0.3, -0.25) is 24.0 Å². The van der Waals surface area contributed by atoms with Gasteiger partial charge in [-0.15, -0.1) is 0 Å². The number of nitrogens with zero attached hydrogens (tertiary/aromatic N) is 1. The van der Waals surface area contributed by atoms with Crippen molar-refractivity contribution in [2.45, 2.75) is 37.9 Å². The summed E-state index contributed by atoms with van der Waals surface area (Å²) in [7, 11) is 1.21. The molecule has 32 heavy (non-hydrogen) atoms. The Hall–Kier alpha value is -3.23. The molecule has 2 aromatic carbocycles. The lowest BCUT2D eigenvalue weighted by Crippen LogP contribution is -2.53. The smallest absolute Gasteiger partial charge is 0.313 e. The van der Waals surface area contributed by atoms with Crippen LogP contribution in [-0.4, -0.2) is 47.6 Å². The predicted molar refractivity (Wildman–Crippen MR) is 117 cm³/mol. The molecule has 168 valence electrons. The van der Waals surface area contributed by atoms with Gasteiger partial charge in [-0.05, 0) is 23.6 Å². The summed E-state index contributed by atoms with van der Waals surface area (Å²) in [5, 5.41) is 3.17. The van der Waals surface area contributed by atoms with Gasteiger partial charge in [0.1, 0.15) is 12.1 Å². The summed E-state index contributed by atoms with van der Waals surface area (Å²) in [4.78, 5) is 56.3. The lowest BCUT2D eigenvalue weighted by molar-refractivity contribution is -0.146. The van der Waals surface area contributed by atoms with Crippen molar-refractivity contribution in [3.63, 3.8) is 0 Å². The number of likely N-dealkylation sites (tertiary alicyclic amines) is 1.